The predicted molar refractivity (Wildman–Crippen MR) is 106 cm³/mol. The molecule has 0 aliphatic carbocycles. The van der Waals surface area contributed by atoms with Gasteiger partial charge in [-0.3, -0.25) is 4.90 Å². The molecule has 0 bridgehead atoms. The van der Waals surface area contributed by atoms with E-state index in [2.05, 4.69) is 66.7 Å². The van der Waals surface area contributed by atoms with Crippen molar-refractivity contribution in [3.05, 3.63) is 34.3 Å². The molecule has 23 heavy (non-hydrogen) atoms. The Labute approximate surface area is 179 Å². The van der Waals surface area contributed by atoms with Gasteiger partial charge in [-0.2, -0.15) is 0 Å². The molecule has 1 heterocycles. The van der Waals surface area contributed by atoms with E-state index in [0.29, 0.717) is 12.0 Å². The zero-order valence-electron chi connectivity index (χ0n) is 13.1. The average molecular weight is 465 g/mol. The van der Waals surface area contributed by atoms with Crippen molar-refractivity contribution in [2.75, 3.05) is 26.3 Å². The molecule has 0 N–H and O–H groups in total. The number of benzene rings is 1. The van der Waals surface area contributed by atoms with Gasteiger partial charge in [0, 0.05) is 56.3 Å². The van der Waals surface area contributed by atoms with Crippen LogP contribution in [-0.2, 0) is 37.4 Å². The van der Waals surface area contributed by atoms with Gasteiger partial charge in [0.25, 0.3) is 0 Å². The van der Waals surface area contributed by atoms with Gasteiger partial charge >= 0.3 is 0 Å². The number of halogens is 1. The Morgan fingerprint density at radius 3 is 1.83 bits per heavy atom. The second-order valence-electron chi connectivity index (χ2n) is 5.45. The fourth-order valence-electron chi connectivity index (χ4n) is 1.96. The molecule has 1 aliphatic heterocycles. The molecule has 1 aromatic rings. The van der Waals surface area contributed by atoms with Crippen molar-refractivity contribution in [1.29, 1.82) is 0 Å². The second kappa shape index (κ2) is 17.5. The van der Waals surface area contributed by atoms with Crippen molar-refractivity contribution >= 4 is 15.9 Å². The molecule has 1 aromatic carbocycles. The Hall–Kier alpha value is 0.724. The van der Waals surface area contributed by atoms with Crippen molar-refractivity contribution in [3.63, 3.8) is 0 Å². The Balaban J connectivity index is -0.000000134. The van der Waals surface area contributed by atoms with E-state index in [-0.39, 0.29) is 55.0 Å². The third-order valence-corrected chi connectivity index (χ3v) is 3.78. The number of nitrogens with zero attached hydrogens (tertiary/aromatic N) is 1. The molecule has 0 amide bonds. The fourth-order valence-corrected chi connectivity index (χ4v) is 2.38. The fraction of sp³-hybridized carbons (Fsp3) is 0.684. The summed E-state index contributed by atoms with van der Waals surface area (Å²) >= 11 is 3.43. The van der Waals surface area contributed by atoms with E-state index in [9.17, 15) is 0 Å². The smallest absolute Gasteiger partial charge is 0.0594 e. The Morgan fingerprint density at radius 1 is 1.00 bits per heavy atom. The van der Waals surface area contributed by atoms with Gasteiger partial charge in [0.15, 0.2) is 0 Å². The summed E-state index contributed by atoms with van der Waals surface area (Å²) < 4.78 is 6.37. The number of rotatable bonds is 2. The molecule has 1 radical (unpaired) electrons. The van der Waals surface area contributed by atoms with E-state index in [1.165, 1.54) is 10.0 Å². The third kappa shape index (κ3) is 13.7. The normalized spacial score (nSPS) is 13.5. The topological polar surface area (TPSA) is 12.5 Å². The van der Waals surface area contributed by atoms with Gasteiger partial charge in [-0.25, -0.2) is 0 Å². The maximum Gasteiger partial charge on any atom is 0.0594 e. The second-order valence-corrected chi connectivity index (χ2v) is 6.37. The summed E-state index contributed by atoms with van der Waals surface area (Å²) in [5.41, 5.74) is 1.38. The molecule has 2 rings (SSSR count). The molecule has 0 spiro atoms. The molecule has 4 heteroatoms. The van der Waals surface area contributed by atoms with Crippen molar-refractivity contribution < 1.29 is 37.4 Å². The van der Waals surface area contributed by atoms with E-state index in [1.807, 2.05) is 6.07 Å². The number of morpholine rings is 1. The Morgan fingerprint density at radius 2 is 1.52 bits per heavy atom. The van der Waals surface area contributed by atoms with Crippen LogP contribution >= 0.6 is 15.9 Å². The van der Waals surface area contributed by atoms with Crippen LogP contribution in [-0.4, -0.2) is 37.2 Å². The minimum absolute atomic E-state index is 0. The molecule has 0 saturated carbocycles. The van der Waals surface area contributed by atoms with E-state index >= 15 is 0 Å². The summed E-state index contributed by atoms with van der Waals surface area (Å²) in [6.45, 7) is 12.9. The summed E-state index contributed by atoms with van der Waals surface area (Å²) in [5, 5.41) is 0. The molecule has 1 saturated heterocycles. The molecule has 0 aromatic heterocycles. The molecule has 2 nitrogen and oxygen atoms in total. The van der Waals surface area contributed by atoms with Crippen LogP contribution in [0, 0.1) is 0 Å². The van der Waals surface area contributed by atoms with E-state index < -0.39 is 0 Å². The average Bonchev–Trinajstić information content (AvgIpc) is 2.40. The van der Waals surface area contributed by atoms with Gasteiger partial charge < -0.3 is 4.74 Å². The predicted octanol–water partition coefficient (Wildman–Crippen LogP) is 6.21. The first kappa shape index (κ1) is 31.5. The van der Waals surface area contributed by atoms with Gasteiger partial charge in [0.2, 0.25) is 0 Å². The Kier molecular flexibility index (Phi) is 24.0. The van der Waals surface area contributed by atoms with Crippen molar-refractivity contribution in [2.45, 2.75) is 61.9 Å². The van der Waals surface area contributed by atoms with Crippen LogP contribution in [0.3, 0.4) is 0 Å². The van der Waals surface area contributed by atoms with Crippen LogP contribution in [0.15, 0.2) is 28.7 Å². The standard InChI is InChI=1S/C9H11Br.C7H15NO.3CH4.Y/c1-7(2)8-4-3-5-9(10)6-8;1-7(2)8-3-5-9-6-4-8;;;;/h3-7H,1-2H3;7H,3-6H2,1-2H3;3*1H4;. The summed E-state index contributed by atoms with van der Waals surface area (Å²) in [5.74, 6) is 0.623. The van der Waals surface area contributed by atoms with Gasteiger partial charge in [-0.05, 0) is 37.5 Å². The van der Waals surface area contributed by atoms with Crippen LogP contribution in [0.4, 0.5) is 0 Å². The Bertz CT molecular complexity index is 366. The SMILES string of the molecule is C.C.C.CC(C)N1CCOCC1.CC(C)c1cccc(Br)c1.[Y]. The number of hydrogen-bond acceptors (Lipinski definition) is 2. The largest absolute Gasteiger partial charge is 0.379 e. The molecule has 0 atom stereocenters. The van der Waals surface area contributed by atoms with Gasteiger partial charge in [0.05, 0.1) is 13.2 Å². The maximum absolute atomic E-state index is 5.21. The third-order valence-electron chi connectivity index (χ3n) is 3.29. The molecule has 135 valence electrons. The van der Waals surface area contributed by atoms with E-state index in [1.54, 1.807) is 0 Å². The number of hydrogen-bond donors (Lipinski definition) is 0. The van der Waals surface area contributed by atoms with E-state index in [4.69, 9.17) is 4.74 Å². The van der Waals surface area contributed by atoms with Crippen LogP contribution in [0.5, 0.6) is 0 Å². The van der Waals surface area contributed by atoms with E-state index in [0.717, 1.165) is 26.3 Å². The molecule has 0 unspecified atom stereocenters. The van der Waals surface area contributed by atoms with Gasteiger partial charge in [0.1, 0.15) is 0 Å². The van der Waals surface area contributed by atoms with Crippen LogP contribution in [0.1, 0.15) is 61.5 Å². The first-order valence-corrected chi connectivity index (χ1v) is 7.87. The molecular weight excluding hydrogens is 427 g/mol. The monoisotopic (exact) mass is 464 g/mol. The zero-order valence-corrected chi connectivity index (χ0v) is 17.5. The quantitative estimate of drug-likeness (QED) is 0.516. The van der Waals surface area contributed by atoms with Crippen molar-refractivity contribution in [1.82, 2.24) is 4.90 Å². The van der Waals surface area contributed by atoms with Crippen molar-refractivity contribution in [2.24, 2.45) is 0 Å². The van der Waals surface area contributed by atoms with Crippen LogP contribution < -0.4 is 0 Å². The van der Waals surface area contributed by atoms with Crippen molar-refractivity contribution in [3.8, 4) is 0 Å². The van der Waals surface area contributed by atoms with Crippen LogP contribution in [0.25, 0.3) is 0 Å². The van der Waals surface area contributed by atoms with Gasteiger partial charge in [-0.1, -0.05) is 64.2 Å². The minimum Gasteiger partial charge on any atom is -0.379 e. The van der Waals surface area contributed by atoms with Crippen LogP contribution in [0.2, 0.25) is 0 Å². The summed E-state index contributed by atoms with van der Waals surface area (Å²) in [6, 6.07) is 9.11. The summed E-state index contributed by atoms with van der Waals surface area (Å²) in [6.07, 6.45) is 0. The minimum atomic E-state index is 0. The first-order chi connectivity index (χ1) is 9.00. The summed E-state index contributed by atoms with van der Waals surface area (Å²) in [4.78, 5) is 2.43. The maximum atomic E-state index is 5.21. The molecular formula is C19H38BrNOY. The summed E-state index contributed by atoms with van der Waals surface area (Å²) in [7, 11) is 0. The zero-order chi connectivity index (χ0) is 14.3. The molecule has 1 aliphatic rings. The molecule has 1 fully saturated rings. The number of ether oxygens (including phenoxy) is 1. The van der Waals surface area contributed by atoms with Gasteiger partial charge in [-0.15, -0.1) is 0 Å². The first-order valence-electron chi connectivity index (χ1n) is 7.08.